The zero-order chi connectivity index (χ0) is 30.7. The number of aromatic nitrogens is 2. The molecule has 0 N–H and O–H groups in total. The summed E-state index contributed by atoms with van der Waals surface area (Å²) in [6.45, 7) is 3.40. The fourth-order valence-electron chi connectivity index (χ4n) is 5.32. The van der Waals surface area contributed by atoms with Crippen molar-refractivity contribution in [1.29, 1.82) is 0 Å². The van der Waals surface area contributed by atoms with Gasteiger partial charge in [0.15, 0.2) is 0 Å². The molecule has 0 saturated carbocycles. The van der Waals surface area contributed by atoms with Gasteiger partial charge in [-0.25, -0.2) is 0 Å². The lowest BCUT2D eigenvalue weighted by Crippen LogP contribution is -2.31. The molecule has 4 aromatic rings. The Morgan fingerprint density at radius 2 is 1.66 bits per heavy atom. The number of imidazole rings is 1. The summed E-state index contributed by atoms with van der Waals surface area (Å²) in [6.07, 6.45) is -0.990. The highest BCUT2D eigenvalue weighted by molar-refractivity contribution is 5.38. The van der Waals surface area contributed by atoms with Crippen LogP contribution in [0, 0.1) is 10.1 Å². The first kappa shape index (κ1) is 29.3. The predicted molar refractivity (Wildman–Crippen MR) is 152 cm³/mol. The van der Waals surface area contributed by atoms with E-state index in [2.05, 4.69) is 26.8 Å². The molecule has 0 saturated heterocycles. The fraction of sp³-hybridized carbons (Fsp3) is 0.323. The number of fused-ring (bicyclic) bond motifs is 2. The lowest BCUT2D eigenvalue weighted by atomic mass is 10.0. The molecule has 0 spiro atoms. The Morgan fingerprint density at radius 1 is 0.955 bits per heavy atom. The Bertz CT molecular complexity index is 1610. The summed E-state index contributed by atoms with van der Waals surface area (Å²) in [6, 6.07) is 19.3. The number of hydrogen-bond donors (Lipinski definition) is 0. The van der Waals surface area contributed by atoms with E-state index in [0.29, 0.717) is 31.1 Å². The minimum atomic E-state index is -4.74. The molecule has 3 aromatic carbocycles. The van der Waals surface area contributed by atoms with Crippen LogP contribution < -0.4 is 18.9 Å². The maximum Gasteiger partial charge on any atom is 0.573 e. The number of alkyl halides is 3. The Morgan fingerprint density at radius 3 is 2.39 bits per heavy atom. The van der Waals surface area contributed by atoms with Crippen molar-refractivity contribution in [1.82, 2.24) is 14.5 Å². The number of aryl methyl sites for hydroxylation is 2. The molecule has 1 atom stereocenters. The Labute approximate surface area is 250 Å². The molecule has 0 fully saturated rings. The highest BCUT2D eigenvalue weighted by Crippen LogP contribution is 2.29. The van der Waals surface area contributed by atoms with Crippen molar-refractivity contribution in [3.8, 4) is 29.0 Å². The van der Waals surface area contributed by atoms with E-state index < -0.39 is 11.3 Å². The number of nitrogens with zero attached hydrogens (tertiary/aromatic N) is 4. The summed E-state index contributed by atoms with van der Waals surface area (Å²) in [4.78, 5) is 16.8. The van der Waals surface area contributed by atoms with Crippen molar-refractivity contribution in [3.63, 3.8) is 0 Å². The van der Waals surface area contributed by atoms with Crippen molar-refractivity contribution in [3.05, 3.63) is 99.7 Å². The zero-order valence-electron chi connectivity index (χ0n) is 23.5. The van der Waals surface area contributed by atoms with Crippen molar-refractivity contribution in [2.24, 2.45) is 0 Å². The average Bonchev–Trinajstić information content (AvgIpc) is 3.32. The largest absolute Gasteiger partial charge is 0.573 e. The fourth-order valence-corrected chi connectivity index (χ4v) is 5.32. The van der Waals surface area contributed by atoms with E-state index in [1.165, 1.54) is 41.6 Å². The number of halogens is 3. The van der Waals surface area contributed by atoms with Gasteiger partial charge in [-0.15, -0.1) is 13.2 Å². The van der Waals surface area contributed by atoms with Crippen LogP contribution in [0.25, 0.3) is 0 Å². The van der Waals surface area contributed by atoms with Gasteiger partial charge >= 0.3 is 18.2 Å². The summed E-state index contributed by atoms with van der Waals surface area (Å²) >= 11 is 0. The van der Waals surface area contributed by atoms with Gasteiger partial charge in [-0.2, -0.15) is 0 Å². The average molecular weight is 611 g/mol. The standard InChI is InChI=1S/C31H29F3N4O6/c32-31(33,34)44-26-11-9-25(10-12-26)42-24-6-3-21(4-7-24)17-36-14-1-2-22-16-27(8-5-23(22)18-36)41-20-28-13-15-37-19-29(38(39)40)35-30(37)43-28/h3-12,16,19,28H,1-2,13-15,17-18,20H2. The highest BCUT2D eigenvalue weighted by atomic mass is 19.4. The number of rotatable bonds is 9. The van der Waals surface area contributed by atoms with Gasteiger partial charge in [0.05, 0.1) is 0 Å². The summed E-state index contributed by atoms with van der Waals surface area (Å²) in [5.41, 5.74) is 3.61. The minimum absolute atomic E-state index is 0.224. The zero-order valence-corrected chi connectivity index (χ0v) is 23.5. The van der Waals surface area contributed by atoms with E-state index in [1.54, 1.807) is 4.57 Å². The molecule has 1 aromatic heterocycles. The van der Waals surface area contributed by atoms with Gasteiger partial charge in [0.1, 0.15) is 41.9 Å². The van der Waals surface area contributed by atoms with Crippen LogP contribution in [0.4, 0.5) is 19.0 Å². The van der Waals surface area contributed by atoms with E-state index in [0.717, 1.165) is 43.8 Å². The smallest absolute Gasteiger partial charge is 0.490 e. The molecule has 230 valence electrons. The number of ether oxygens (including phenoxy) is 4. The second kappa shape index (κ2) is 12.4. The quantitative estimate of drug-likeness (QED) is 0.153. The molecule has 0 radical (unpaired) electrons. The number of nitro groups is 1. The summed E-state index contributed by atoms with van der Waals surface area (Å²) in [5, 5.41) is 11.0. The molecule has 1 unspecified atom stereocenters. The molecule has 2 aliphatic heterocycles. The van der Waals surface area contributed by atoms with Crippen molar-refractivity contribution < 1.29 is 37.0 Å². The van der Waals surface area contributed by atoms with Gasteiger partial charge < -0.3 is 29.1 Å². The molecule has 0 bridgehead atoms. The van der Waals surface area contributed by atoms with Crippen LogP contribution in [0.3, 0.4) is 0 Å². The second-order valence-electron chi connectivity index (χ2n) is 10.7. The molecule has 44 heavy (non-hydrogen) atoms. The topological polar surface area (TPSA) is 101 Å². The van der Waals surface area contributed by atoms with Gasteiger partial charge in [0.25, 0.3) is 0 Å². The maximum atomic E-state index is 12.4. The Kier molecular flexibility index (Phi) is 8.29. The van der Waals surface area contributed by atoms with Crippen LogP contribution in [-0.2, 0) is 26.1 Å². The third kappa shape index (κ3) is 7.40. The lowest BCUT2D eigenvalue weighted by Gasteiger charge is -2.23. The van der Waals surface area contributed by atoms with Crippen molar-refractivity contribution in [2.75, 3.05) is 13.2 Å². The Hall–Kier alpha value is -4.78. The van der Waals surface area contributed by atoms with Crippen LogP contribution in [0.5, 0.6) is 29.0 Å². The highest BCUT2D eigenvalue weighted by Gasteiger charge is 2.31. The normalized spacial score (nSPS) is 16.7. The first-order valence-electron chi connectivity index (χ1n) is 14.1. The monoisotopic (exact) mass is 610 g/mol. The van der Waals surface area contributed by atoms with E-state index in [1.807, 2.05) is 30.3 Å². The molecule has 6 rings (SSSR count). The molecule has 10 nitrogen and oxygen atoms in total. The third-order valence-electron chi connectivity index (χ3n) is 7.43. The van der Waals surface area contributed by atoms with E-state index in [-0.39, 0.29) is 23.7 Å². The summed E-state index contributed by atoms with van der Waals surface area (Å²) < 4.78 is 60.3. The first-order chi connectivity index (χ1) is 21.2. The van der Waals surface area contributed by atoms with E-state index in [4.69, 9.17) is 14.2 Å². The number of hydrogen-bond acceptors (Lipinski definition) is 8. The maximum absolute atomic E-state index is 12.4. The molecular formula is C31H29F3N4O6. The van der Waals surface area contributed by atoms with Crippen molar-refractivity contribution in [2.45, 2.75) is 51.4 Å². The first-order valence-corrected chi connectivity index (χ1v) is 14.1. The summed E-state index contributed by atoms with van der Waals surface area (Å²) in [7, 11) is 0. The van der Waals surface area contributed by atoms with Gasteiger partial charge in [0.2, 0.25) is 0 Å². The van der Waals surface area contributed by atoms with Crippen LogP contribution in [0.1, 0.15) is 29.5 Å². The molecular weight excluding hydrogens is 581 g/mol. The summed E-state index contributed by atoms with van der Waals surface area (Å²) in [5.74, 6) is 1.22. The van der Waals surface area contributed by atoms with Gasteiger partial charge in [-0.1, -0.05) is 18.2 Å². The third-order valence-corrected chi connectivity index (χ3v) is 7.43. The van der Waals surface area contributed by atoms with Crippen molar-refractivity contribution >= 4 is 5.82 Å². The van der Waals surface area contributed by atoms with Crippen LogP contribution in [-0.4, -0.2) is 45.0 Å². The van der Waals surface area contributed by atoms with Gasteiger partial charge in [0, 0.05) is 31.0 Å². The van der Waals surface area contributed by atoms with Crippen LogP contribution >= 0.6 is 0 Å². The molecule has 3 heterocycles. The van der Waals surface area contributed by atoms with Gasteiger partial charge in [-0.3, -0.25) is 9.47 Å². The molecule has 13 heteroatoms. The van der Waals surface area contributed by atoms with E-state index in [9.17, 15) is 23.3 Å². The molecule has 0 aliphatic carbocycles. The molecule has 2 aliphatic rings. The van der Waals surface area contributed by atoms with Crippen LogP contribution in [0.15, 0.2) is 72.9 Å². The number of benzene rings is 3. The van der Waals surface area contributed by atoms with Crippen LogP contribution in [0.2, 0.25) is 0 Å². The lowest BCUT2D eigenvalue weighted by molar-refractivity contribution is -0.389. The molecule has 0 amide bonds. The SMILES string of the molecule is O=[N+]([O-])c1cn2c(n1)OC(COc1ccc3c(c1)CCCN(Cc1ccc(Oc4ccc(OC(F)(F)F)cc4)cc1)C3)CC2. The predicted octanol–water partition coefficient (Wildman–Crippen LogP) is 6.66. The Balaban J connectivity index is 1.00. The minimum Gasteiger partial charge on any atom is -0.490 e. The van der Waals surface area contributed by atoms with Gasteiger partial charge in [-0.05, 0) is 89.5 Å². The van der Waals surface area contributed by atoms with E-state index >= 15 is 0 Å². The second-order valence-corrected chi connectivity index (χ2v) is 10.7.